The van der Waals surface area contributed by atoms with Crippen molar-refractivity contribution in [3.05, 3.63) is 59.7 Å². The molecule has 1 aromatic carbocycles. The minimum atomic E-state index is -1.10. The van der Waals surface area contributed by atoms with Crippen LogP contribution < -0.4 is 10.1 Å². The van der Waals surface area contributed by atoms with Crippen LogP contribution in [0.15, 0.2) is 36.4 Å². The molecule has 1 atom stereocenters. The Balaban J connectivity index is 1.79. The maximum Gasteiger partial charge on any atom is 0.270 e. The van der Waals surface area contributed by atoms with E-state index in [1.807, 2.05) is 0 Å². The molecule has 2 aromatic rings. The molecule has 5 nitrogen and oxygen atoms in total. The highest BCUT2D eigenvalue weighted by Gasteiger charge is 2.12. The third kappa shape index (κ3) is 4.96. The fourth-order valence-corrected chi connectivity index (χ4v) is 1.65. The van der Waals surface area contributed by atoms with Crippen molar-refractivity contribution < 1.29 is 27.8 Å². The molecule has 1 heterocycles. The van der Waals surface area contributed by atoms with Gasteiger partial charge in [-0.3, -0.25) is 4.79 Å². The summed E-state index contributed by atoms with van der Waals surface area (Å²) in [6.45, 7) is -0.428. The Bertz CT molecular complexity index is 697. The number of hydrogen-bond donors (Lipinski definition) is 2. The lowest BCUT2D eigenvalue weighted by Crippen LogP contribution is -2.35. The lowest BCUT2D eigenvalue weighted by molar-refractivity contribution is 0.0838. The third-order valence-corrected chi connectivity index (χ3v) is 2.78. The average Bonchev–Trinajstić information content (AvgIpc) is 2.53. The first-order valence-corrected chi connectivity index (χ1v) is 6.62. The minimum Gasteiger partial charge on any atom is -0.491 e. The summed E-state index contributed by atoms with van der Waals surface area (Å²) in [6.07, 6.45) is -1.10. The van der Waals surface area contributed by atoms with Crippen LogP contribution in [0.3, 0.4) is 0 Å². The van der Waals surface area contributed by atoms with Crippen molar-refractivity contribution in [3.63, 3.8) is 0 Å². The van der Waals surface area contributed by atoms with Gasteiger partial charge < -0.3 is 15.2 Å². The van der Waals surface area contributed by atoms with Crippen LogP contribution in [-0.4, -0.2) is 35.3 Å². The topological polar surface area (TPSA) is 71.5 Å². The van der Waals surface area contributed by atoms with Crippen molar-refractivity contribution in [2.75, 3.05) is 13.2 Å². The lowest BCUT2D eigenvalue weighted by Gasteiger charge is -2.13. The first-order valence-electron chi connectivity index (χ1n) is 6.62. The van der Waals surface area contributed by atoms with Crippen LogP contribution in [-0.2, 0) is 0 Å². The maximum absolute atomic E-state index is 13.0. The van der Waals surface area contributed by atoms with Gasteiger partial charge in [-0.1, -0.05) is 6.07 Å². The number of aliphatic hydroxyl groups excluding tert-OH is 1. The predicted molar refractivity (Wildman–Crippen MR) is 74.4 cm³/mol. The Morgan fingerprint density at radius 2 is 2.00 bits per heavy atom. The van der Waals surface area contributed by atoms with E-state index < -0.39 is 29.6 Å². The second-order valence-electron chi connectivity index (χ2n) is 4.60. The van der Waals surface area contributed by atoms with Crippen LogP contribution in [0.4, 0.5) is 13.2 Å². The molecule has 8 heteroatoms. The zero-order valence-electron chi connectivity index (χ0n) is 11.8. The molecule has 0 spiro atoms. The maximum atomic E-state index is 13.0. The zero-order valence-corrected chi connectivity index (χ0v) is 11.8. The Hall–Kier alpha value is -2.61. The fraction of sp³-hybridized carbons (Fsp3) is 0.200. The summed E-state index contributed by atoms with van der Waals surface area (Å²) in [6, 6.07) is 6.70. The first-order chi connectivity index (χ1) is 11.0. The molecule has 122 valence electrons. The fourth-order valence-electron chi connectivity index (χ4n) is 1.65. The van der Waals surface area contributed by atoms with Crippen molar-refractivity contribution >= 4 is 5.91 Å². The lowest BCUT2D eigenvalue weighted by atomic mass is 10.3. The smallest absolute Gasteiger partial charge is 0.270 e. The Morgan fingerprint density at radius 3 is 2.70 bits per heavy atom. The van der Waals surface area contributed by atoms with Crippen molar-refractivity contribution in [2.24, 2.45) is 0 Å². The van der Waals surface area contributed by atoms with Crippen molar-refractivity contribution in [3.8, 4) is 5.75 Å². The summed E-state index contributed by atoms with van der Waals surface area (Å²) >= 11 is 0. The molecule has 0 saturated heterocycles. The second kappa shape index (κ2) is 7.59. The monoisotopic (exact) mass is 326 g/mol. The van der Waals surface area contributed by atoms with Crippen molar-refractivity contribution in [1.82, 2.24) is 10.3 Å². The van der Waals surface area contributed by atoms with E-state index in [4.69, 9.17) is 4.74 Å². The van der Waals surface area contributed by atoms with Crippen LogP contribution in [0.2, 0.25) is 0 Å². The van der Waals surface area contributed by atoms with Gasteiger partial charge in [0.05, 0.1) is 0 Å². The van der Waals surface area contributed by atoms with E-state index in [2.05, 4.69) is 10.3 Å². The van der Waals surface area contributed by atoms with Gasteiger partial charge in [0, 0.05) is 12.6 Å². The molecule has 1 aromatic heterocycles. The number of rotatable bonds is 6. The highest BCUT2D eigenvalue weighted by molar-refractivity contribution is 5.92. The number of carbonyl (C=O) groups is 1. The SMILES string of the molecule is O=C(NCC(O)COc1ccc(F)c(F)c1)c1cccc(F)n1. The highest BCUT2D eigenvalue weighted by atomic mass is 19.2. The molecule has 0 bridgehead atoms. The van der Waals surface area contributed by atoms with Crippen molar-refractivity contribution in [1.29, 1.82) is 0 Å². The molecule has 1 unspecified atom stereocenters. The number of aliphatic hydroxyl groups is 1. The molecular formula is C15H13F3N2O3. The van der Waals surface area contributed by atoms with Gasteiger partial charge >= 0.3 is 0 Å². The van der Waals surface area contributed by atoms with Gasteiger partial charge in [0.25, 0.3) is 5.91 Å². The van der Waals surface area contributed by atoms with E-state index in [-0.39, 0.29) is 24.6 Å². The van der Waals surface area contributed by atoms with Crippen LogP contribution >= 0.6 is 0 Å². The highest BCUT2D eigenvalue weighted by Crippen LogP contribution is 2.15. The number of pyridine rings is 1. The second-order valence-corrected chi connectivity index (χ2v) is 4.60. The Labute approximate surface area is 129 Å². The van der Waals surface area contributed by atoms with Gasteiger partial charge in [-0.2, -0.15) is 4.39 Å². The van der Waals surface area contributed by atoms with Crippen LogP contribution in [0.1, 0.15) is 10.5 Å². The predicted octanol–water partition coefficient (Wildman–Crippen LogP) is 1.67. The first kappa shape index (κ1) is 16.8. The number of amides is 1. The van der Waals surface area contributed by atoms with Gasteiger partial charge in [0.1, 0.15) is 24.2 Å². The summed E-state index contributed by atoms with van der Waals surface area (Å²) in [5.74, 6) is -3.48. The summed E-state index contributed by atoms with van der Waals surface area (Å²) < 4.78 is 43.7. The summed E-state index contributed by atoms with van der Waals surface area (Å²) in [5.41, 5.74) is -0.126. The summed E-state index contributed by atoms with van der Waals surface area (Å²) in [4.78, 5) is 15.1. The number of nitrogens with one attached hydrogen (secondary N) is 1. The number of nitrogens with zero attached hydrogens (tertiary/aromatic N) is 1. The van der Waals surface area contributed by atoms with E-state index in [0.29, 0.717) is 0 Å². The summed E-state index contributed by atoms with van der Waals surface area (Å²) in [7, 11) is 0. The number of benzene rings is 1. The van der Waals surface area contributed by atoms with Crippen LogP contribution in [0, 0.1) is 17.6 Å². The Kier molecular flexibility index (Phi) is 5.53. The number of halogens is 3. The van der Waals surface area contributed by atoms with E-state index in [1.165, 1.54) is 18.2 Å². The molecule has 0 saturated carbocycles. The molecule has 0 radical (unpaired) electrons. The standard InChI is InChI=1S/C15H13F3N2O3/c16-11-5-4-10(6-12(11)17)23-8-9(21)7-19-15(22)13-2-1-3-14(18)20-13/h1-6,9,21H,7-8H2,(H,19,22). The van der Waals surface area contributed by atoms with Gasteiger partial charge in [-0.15, -0.1) is 0 Å². The van der Waals surface area contributed by atoms with Crippen LogP contribution in [0.25, 0.3) is 0 Å². The molecule has 1 amide bonds. The molecule has 0 fully saturated rings. The van der Waals surface area contributed by atoms with Gasteiger partial charge in [0.15, 0.2) is 11.6 Å². The van der Waals surface area contributed by atoms with Crippen molar-refractivity contribution in [2.45, 2.75) is 6.10 Å². The van der Waals surface area contributed by atoms with Crippen LogP contribution in [0.5, 0.6) is 5.75 Å². The van der Waals surface area contributed by atoms with E-state index >= 15 is 0 Å². The Morgan fingerprint density at radius 1 is 1.22 bits per heavy atom. The van der Waals surface area contributed by atoms with Gasteiger partial charge in [-0.05, 0) is 24.3 Å². The van der Waals surface area contributed by atoms with Gasteiger partial charge in [0.2, 0.25) is 5.95 Å². The molecule has 0 aliphatic carbocycles. The number of hydrogen-bond acceptors (Lipinski definition) is 4. The molecular weight excluding hydrogens is 313 g/mol. The molecule has 0 aliphatic rings. The number of aromatic nitrogens is 1. The molecule has 23 heavy (non-hydrogen) atoms. The van der Waals surface area contributed by atoms with Gasteiger partial charge in [-0.25, -0.2) is 13.8 Å². The number of ether oxygens (including phenoxy) is 1. The third-order valence-electron chi connectivity index (χ3n) is 2.78. The normalized spacial score (nSPS) is 11.8. The van der Waals surface area contributed by atoms with E-state index in [1.54, 1.807) is 0 Å². The largest absolute Gasteiger partial charge is 0.491 e. The minimum absolute atomic E-state index is 0.0427. The summed E-state index contributed by atoms with van der Waals surface area (Å²) in [5, 5.41) is 12.0. The molecule has 2 rings (SSSR count). The van der Waals surface area contributed by atoms with E-state index in [9.17, 15) is 23.1 Å². The molecule has 0 aliphatic heterocycles. The zero-order chi connectivity index (χ0) is 16.8. The quantitative estimate of drug-likeness (QED) is 0.792. The number of carbonyl (C=O) groups excluding carboxylic acids is 1. The molecule has 2 N–H and O–H groups in total. The van der Waals surface area contributed by atoms with E-state index in [0.717, 1.165) is 18.2 Å². The average molecular weight is 326 g/mol.